The van der Waals surface area contributed by atoms with Crippen LogP contribution in [0, 0.1) is 0 Å². The highest BCUT2D eigenvalue weighted by Gasteiger charge is 1.99. The summed E-state index contributed by atoms with van der Waals surface area (Å²) in [5.74, 6) is 0. The Morgan fingerprint density at radius 2 is 2.30 bits per heavy atom. The van der Waals surface area contributed by atoms with Gasteiger partial charge in [-0.2, -0.15) is 0 Å². The molecule has 0 radical (unpaired) electrons. The zero-order chi connectivity index (χ0) is 7.40. The number of rotatable bonds is 2. The number of hydrogen-bond acceptors (Lipinski definition) is 4. The van der Waals surface area contributed by atoms with E-state index in [-0.39, 0.29) is 6.61 Å². The summed E-state index contributed by atoms with van der Waals surface area (Å²) in [4.78, 5) is 3.93. The summed E-state index contributed by atoms with van der Waals surface area (Å²) in [6.07, 6.45) is 2.17. The van der Waals surface area contributed by atoms with Gasteiger partial charge in [-0.15, -0.1) is 10.2 Å². The molecule has 10 heavy (non-hydrogen) atoms. The average molecular weight is 139 g/mol. The molecule has 0 aliphatic rings. The van der Waals surface area contributed by atoms with Crippen LogP contribution in [0.5, 0.6) is 0 Å². The summed E-state index contributed by atoms with van der Waals surface area (Å²) < 4.78 is 0. The smallest absolute Gasteiger partial charge is 0.138 e. The summed E-state index contributed by atoms with van der Waals surface area (Å²) in [7, 11) is 0. The summed E-state index contributed by atoms with van der Waals surface area (Å²) >= 11 is 0. The normalized spacial score (nSPS) is 9.80. The Bertz CT molecular complexity index is 191. The predicted molar refractivity (Wildman–Crippen MR) is 35.1 cm³/mol. The van der Waals surface area contributed by atoms with E-state index in [4.69, 9.17) is 5.11 Å². The summed E-state index contributed by atoms with van der Waals surface area (Å²) in [5, 5.41) is 16.0. The summed E-state index contributed by atoms with van der Waals surface area (Å²) in [6, 6.07) is 0. The number of aliphatic hydroxyl groups is 1. The van der Waals surface area contributed by atoms with E-state index in [1.165, 1.54) is 6.33 Å². The van der Waals surface area contributed by atoms with E-state index in [1.54, 1.807) is 0 Å². The maximum absolute atomic E-state index is 8.71. The van der Waals surface area contributed by atoms with Gasteiger partial charge in [0.25, 0.3) is 0 Å². The van der Waals surface area contributed by atoms with Crippen LogP contribution in [0.1, 0.15) is 18.3 Å². The minimum absolute atomic E-state index is 0.0794. The first-order chi connectivity index (χ1) is 4.88. The number of aliphatic hydroxyl groups excluding tert-OH is 1. The van der Waals surface area contributed by atoms with Crippen LogP contribution >= 0.6 is 0 Å². The van der Waals surface area contributed by atoms with Crippen LogP contribution in [-0.4, -0.2) is 20.3 Å². The highest BCUT2D eigenvalue weighted by atomic mass is 16.3. The molecule has 54 valence electrons. The molecule has 0 aliphatic heterocycles. The summed E-state index contributed by atoms with van der Waals surface area (Å²) in [5.41, 5.74) is 1.39. The quantitative estimate of drug-likeness (QED) is 0.623. The molecule has 0 saturated carbocycles. The van der Waals surface area contributed by atoms with Gasteiger partial charge in [-0.25, -0.2) is 4.98 Å². The van der Waals surface area contributed by atoms with Gasteiger partial charge >= 0.3 is 0 Å². The van der Waals surface area contributed by atoms with E-state index < -0.39 is 0 Å². The Balaban J connectivity index is 2.96. The molecule has 1 N–H and O–H groups in total. The highest BCUT2D eigenvalue weighted by molar-refractivity contribution is 5.06. The lowest BCUT2D eigenvalue weighted by Crippen LogP contribution is -2.01. The minimum Gasteiger partial charge on any atom is -0.390 e. The Labute approximate surface area is 58.9 Å². The van der Waals surface area contributed by atoms with Crippen molar-refractivity contribution in [1.29, 1.82) is 0 Å². The fourth-order valence-corrected chi connectivity index (χ4v) is 0.741. The van der Waals surface area contributed by atoms with Crippen molar-refractivity contribution in [3.8, 4) is 0 Å². The molecule has 1 rings (SSSR count). The zero-order valence-electron chi connectivity index (χ0n) is 5.78. The van der Waals surface area contributed by atoms with Crippen LogP contribution in [0.4, 0.5) is 0 Å². The monoisotopic (exact) mass is 139 g/mol. The topological polar surface area (TPSA) is 58.9 Å². The largest absolute Gasteiger partial charge is 0.390 e. The van der Waals surface area contributed by atoms with Crippen LogP contribution in [0.15, 0.2) is 6.33 Å². The number of aromatic nitrogens is 3. The van der Waals surface area contributed by atoms with E-state index in [2.05, 4.69) is 15.2 Å². The van der Waals surface area contributed by atoms with Crippen molar-refractivity contribution in [3.63, 3.8) is 0 Å². The predicted octanol–water partition coefficient (Wildman–Crippen LogP) is -0.0737. The van der Waals surface area contributed by atoms with Crippen LogP contribution in [0.3, 0.4) is 0 Å². The molecule has 4 nitrogen and oxygen atoms in total. The fraction of sp³-hybridized carbons (Fsp3) is 0.500. The molecule has 1 aromatic rings. The van der Waals surface area contributed by atoms with Gasteiger partial charge in [0, 0.05) is 0 Å². The lowest BCUT2D eigenvalue weighted by atomic mass is 10.3. The maximum Gasteiger partial charge on any atom is 0.138 e. The van der Waals surface area contributed by atoms with Crippen molar-refractivity contribution >= 4 is 0 Å². The molecule has 0 spiro atoms. The number of hydrogen-bond donors (Lipinski definition) is 1. The molecule has 0 fully saturated rings. The third-order valence-corrected chi connectivity index (χ3v) is 1.26. The molecule has 0 amide bonds. The van der Waals surface area contributed by atoms with Gasteiger partial charge in [-0.1, -0.05) is 6.92 Å². The molecule has 0 unspecified atom stereocenters. The lowest BCUT2D eigenvalue weighted by molar-refractivity contribution is 0.273. The third-order valence-electron chi connectivity index (χ3n) is 1.26. The molecule has 0 aromatic carbocycles. The van der Waals surface area contributed by atoms with Gasteiger partial charge in [0.2, 0.25) is 0 Å². The molecule has 1 aromatic heterocycles. The van der Waals surface area contributed by atoms with Gasteiger partial charge < -0.3 is 5.11 Å². The zero-order valence-corrected chi connectivity index (χ0v) is 5.78. The van der Waals surface area contributed by atoms with E-state index in [0.29, 0.717) is 5.69 Å². The SMILES string of the molecule is CCc1ncnnc1CO. The first-order valence-corrected chi connectivity index (χ1v) is 3.14. The van der Waals surface area contributed by atoms with Crippen molar-refractivity contribution in [2.75, 3.05) is 0 Å². The third kappa shape index (κ3) is 1.27. The first kappa shape index (κ1) is 7.08. The highest BCUT2D eigenvalue weighted by Crippen LogP contribution is 1.99. The van der Waals surface area contributed by atoms with E-state index in [9.17, 15) is 0 Å². The van der Waals surface area contributed by atoms with Crippen molar-refractivity contribution in [2.24, 2.45) is 0 Å². The second kappa shape index (κ2) is 3.22. The second-order valence-electron chi connectivity index (χ2n) is 1.87. The van der Waals surface area contributed by atoms with Gasteiger partial charge in [0.05, 0.1) is 12.3 Å². The molecular weight excluding hydrogens is 130 g/mol. The number of aryl methyl sites for hydroxylation is 1. The van der Waals surface area contributed by atoms with E-state index in [1.807, 2.05) is 6.92 Å². The molecule has 0 aliphatic carbocycles. The molecule has 4 heteroatoms. The van der Waals surface area contributed by atoms with Crippen molar-refractivity contribution in [1.82, 2.24) is 15.2 Å². The van der Waals surface area contributed by atoms with Crippen LogP contribution in [0.2, 0.25) is 0 Å². The Kier molecular flexibility index (Phi) is 2.28. The first-order valence-electron chi connectivity index (χ1n) is 3.14. The second-order valence-corrected chi connectivity index (χ2v) is 1.87. The molecule has 1 heterocycles. The Morgan fingerprint density at radius 1 is 1.50 bits per heavy atom. The molecule has 0 saturated heterocycles. The average Bonchev–Trinajstić information content (AvgIpc) is 2.04. The minimum atomic E-state index is -0.0794. The van der Waals surface area contributed by atoms with Crippen LogP contribution < -0.4 is 0 Å². The number of nitrogens with zero attached hydrogens (tertiary/aromatic N) is 3. The molecule has 0 atom stereocenters. The van der Waals surface area contributed by atoms with Gasteiger partial charge in [0.1, 0.15) is 12.0 Å². The molecular formula is C6H9N3O. The Morgan fingerprint density at radius 3 is 2.80 bits per heavy atom. The van der Waals surface area contributed by atoms with Gasteiger partial charge in [0.15, 0.2) is 0 Å². The van der Waals surface area contributed by atoms with Crippen molar-refractivity contribution in [2.45, 2.75) is 20.0 Å². The summed E-state index contributed by atoms with van der Waals surface area (Å²) in [6.45, 7) is 1.88. The van der Waals surface area contributed by atoms with Crippen LogP contribution in [0.25, 0.3) is 0 Å². The van der Waals surface area contributed by atoms with Crippen molar-refractivity contribution < 1.29 is 5.11 Å². The van der Waals surface area contributed by atoms with E-state index in [0.717, 1.165) is 12.1 Å². The van der Waals surface area contributed by atoms with Crippen LogP contribution in [-0.2, 0) is 13.0 Å². The van der Waals surface area contributed by atoms with Crippen molar-refractivity contribution in [3.05, 3.63) is 17.7 Å². The maximum atomic E-state index is 8.71. The molecule has 0 bridgehead atoms. The standard InChI is InChI=1S/C6H9N3O/c1-2-5-6(3-10)9-8-4-7-5/h4,10H,2-3H2,1H3. The lowest BCUT2D eigenvalue weighted by Gasteiger charge is -1.98. The van der Waals surface area contributed by atoms with Gasteiger partial charge in [-0.05, 0) is 6.42 Å². The Hall–Kier alpha value is -1.03. The van der Waals surface area contributed by atoms with Gasteiger partial charge in [-0.3, -0.25) is 0 Å². The van der Waals surface area contributed by atoms with E-state index >= 15 is 0 Å². The fourth-order valence-electron chi connectivity index (χ4n) is 0.741.